The van der Waals surface area contributed by atoms with Gasteiger partial charge in [0.1, 0.15) is 5.82 Å². The van der Waals surface area contributed by atoms with Gasteiger partial charge in [-0.25, -0.2) is 4.98 Å². The fraction of sp³-hybridized carbons (Fsp3) is 0.333. The summed E-state index contributed by atoms with van der Waals surface area (Å²) >= 11 is 7.06. The van der Waals surface area contributed by atoms with Gasteiger partial charge >= 0.3 is 0 Å². The Morgan fingerprint density at radius 1 is 1.14 bits per heavy atom. The molecule has 21 heavy (non-hydrogen) atoms. The number of nitrogens with zero attached hydrogens (tertiary/aromatic N) is 2. The molecule has 2 rings (SSSR count). The van der Waals surface area contributed by atoms with E-state index in [4.69, 9.17) is 0 Å². The standard InChI is InChI=1S/C15H18Br2N4/c1-4-5-18-15-19-8-12(16)14(21-15)20-11-6-9(2)13(17)10(3)7-11/h6-8H,4-5H2,1-3H3,(H2,18,19,20,21). The van der Waals surface area contributed by atoms with E-state index in [0.29, 0.717) is 5.95 Å². The van der Waals surface area contributed by atoms with Crippen molar-refractivity contribution in [2.75, 3.05) is 17.2 Å². The van der Waals surface area contributed by atoms with Gasteiger partial charge < -0.3 is 10.6 Å². The third kappa shape index (κ3) is 4.17. The van der Waals surface area contributed by atoms with Crippen molar-refractivity contribution in [1.29, 1.82) is 0 Å². The Morgan fingerprint density at radius 2 is 1.81 bits per heavy atom. The van der Waals surface area contributed by atoms with E-state index in [9.17, 15) is 0 Å². The average Bonchev–Trinajstić information content (AvgIpc) is 2.45. The molecule has 2 aromatic rings. The van der Waals surface area contributed by atoms with Crippen LogP contribution in [0.5, 0.6) is 0 Å². The lowest BCUT2D eigenvalue weighted by Gasteiger charge is -2.12. The third-order valence-electron chi connectivity index (χ3n) is 2.98. The molecule has 0 saturated carbocycles. The number of halogens is 2. The molecule has 4 nitrogen and oxygen atoms in total. The molecule has 1 heterocycles. The Kier molecular flexibility index (Phi) is 5.58. The number of benzene rings is 1. The molecule has 0 atom stereocenters. The molecule has 0 radical (unpaired) electrons. The first kappa shape index (κ1) is 16.2. The highest BCUT2D eigenvalue weighted by atomic mass is 79.9. The lowest BCUT2D eigenvalue weighted by molar-refractivity contribution is 0.952. The minimum absolute atomic E-state index is 0.633. The van der Waals surface area contributed by atoms with Crippen molar-refractivity contribution in [1.82, 2.24) is 9.97 Å². The van der Waals surface area contributed by atoms with Crippen LogP contribution in [0.2, 0.25) is 0 Å². The van der Waals surface area contributed by atoms with E-state index in [0.717, 1.165) is 33.4 Å². The number of aryl methyl sites for hydroxylation is 2. The molecule has 0 unspecified atom stereocenters. The number of rotatable bonds is 5. The Bertz CT molecular complexity index is 621. The maximum absolute atomic E-state index is 4.49. The Balaban J connectivity index is 2.26. The zero-order chi connectivity index (χ0) is 15.4. The van der Waals surface area contributed by atoms with Gasteiger partial charge in [0.05, 0.1) is 4.47 Å². The van der Waals surface area contributed by atoms with Crippen LogP contribution >= 0.6 is 31.9 Å². The number of anilines is 3. The lowest BCUT2D eigenvalue weighted by Crippen LogP contribution is -2.06. The molecule has 112 valence electrons. The van der Waals surface area contributed by atoms with Crippen molar-refractivity contribution in [3.8, 4) is 0 Å². The fourth-order valence-corrected chi connectivity index (χ4v) is 2.45. The quantitative estimate of drug-likeness (QED) is 0.708. The van der Waals surface area contributed by atoms with Crippen LogP contribution in [0.1, 0.15) is 24.5 Å². The maximum atomic E-state index is 4.49. The van der Waals surface area contributed by atoms with E-state index in [1.807, 2.05) is 0 Å². The van der Waals surface area contributed by atoms with Gasteiger partial charge in [-0.15, -0.1) is 0 Å². The van der Waals surface area contributed by atoms with Gasteiger partial charge in [-0.2, -0.15) is 4.98 Å². The zero-order valence-electron chi connectivity index (χ0n) is 12.3. The largest absolute Gasteiger partial charge is 0.354 e. The second kappa shape index (κ2) is 7.22. The van der Waals surface area contributed by atoms with Crippen LogP contribution in [0, 0.1) is 13.8 Å². The zero-order valence-corrected chi connectivity index (χ0v) is 15.5. The van der Waals surface area contributed by atoms with Crippen molar-refractivity contribution in [2.24, 2.45) is 0 Å². The van der Waals surface area contributed by atoms with Gasteiger partial charge in [0, 0.05) is 22.9 Å². The van der Waals surface area contributed by atoms with Crippen LogP contribution in [-0.4, -0.2) is 16.5 Å². The van der Waals surface area contributed by atoms with Crippen molar-refractivity contribution < 1.29 is 0 Å². The molecule has 0 bridgehead atoms. The summed E-state index contributed by atoms with van der Waals surface area (Å²) in [5.74, 6) is 1.39. The maximum Gasteiger partial charge on any atom is 0.224 e. The van der Waals surface area contributed by atoms with Gasteiger partial charge in [-0.3, -0.25) is 0 Å². The van der Waals surface area contributed by atoms with E-state index in [1.165, 1.54) is 11.1 Å². The predicted octanol–water partition coefficient (Wildman–Crippen LogP) is 5.18. The minimum Gasteiger partial charge on any atom is -0.354 e. The van der Waals surface area contributed by atoms with Crippen LogP contribution in [0.4, 0.5) is 17.5 Å². The summed E-state index contributed by atoms with van der Waals surface area (Å²) in [6.45, 7) is 7.12. The molecular formula is C15H18Br2N4. The summed E-state index contributed by atoms with van der Waals surface area (Å²) in [5, 5.41) is 6.53. The van der Waals surface area contributed by atoms with Crippen molar-refractivity contribution in [3.63, 3.8) is 0 Å². The molecule has 0 aliphatic rings. The number of hydrogen-bond donors (Lipinski definition) is 2. The molecule has 0 amide bonds. The summed E-state index contributed by atoms with van der Waals surface area (Å²) in [7, 11) is 0. The summed E-state index contributed by atoms with van der Waals surface area (Å²) in [6.07, 6.45) is 2.79. The summed E-state index contributed by atoms with van der Waals surface area (Å²) in [6, 6.07) is 4.18. The van der Waals surface area contributed by atoms with Gasteiger partial charge in [-0.1, -0.05) is 22.9 Å². The molecule has 6 heteroatoms. The first-order chi connectivity index (χ1) is 10.0. The van der Waals surface area contributed by atoms with Crippen LogP contribution in [0.15, 0.2) is 27.3 Å². The van der Waals surface area contributed by atoms with E-state index in [-0.39, 0.29) is 0 Å². The Hall–Kier alpha value is -1.14. The van der Waals surface area contributed by atoms with Crippen LogP contribution in [-0.2, 0) is 0 Å². The summed E-state index contributed by atoms with van der Waals surface area (Å²) in [4.78, 5) is 8.75. The first-order valence-electron chi connectivity index (χ1n) is 6.81. The Morgan fingerprint density at radius 3 is 2.43 bits per heavy atom. The smallest absolute Gasteiger partial charge is 0.224 e. The van der Waals surface area contributed by atoms with Crippen molar-refractivity contribution in [3.05, 3.63) is 38.4 Å². The predicted molar refractivity (Wildman–Crippen MR) is 95.4 cm³/mol. The van der Waals surface area contributed by atoms with E-state index in [2.05, 4.69) is 85.4 Å². The van der Waals surface area contributed by atoms with E-state index < -0.39 is 0 Å². The monoisotopic (exact) mass is 412 g/mol. The number of hydrogen-bond acceptors (Lipinski definition) is 4. The molecule has 0 aliphatic heterocycles. The average molecular weight is 414 g/mol. The third-order valence-corrected chi connectivity index (χ3v) is 4.81. The summed E-state index contributed by atoms with van der Waals surface area (Å²) in [5.41, 5.74) is 3.38. The Labute approximate surface area is 142 Å². The molecule has 0 fully saturated rings. The SMILES string of the molecule is CCCNc1ncc(Br)c(Nc2cc(C)c(Br)c(C)c2)n1. The molecule has 1 aromatic carbocycles. The fourth-order valence-electron chi connectivity index (χ4n) is 1.93. The molecule has 0 saturated heterocycles. The van der Waals surface area contributed by atoms with Crippen molar-refractivity contribution >= 4 is 49.3 Å². The normalized spacial score (nSPS) is 10.5. The van der Waals surface area contributed by atoms with E-state index >= 15 is 0 Å². The van der Waals surface area contributed by atoms with Gasteiger partial charge in [0.25, 0.3) is 0 Å². The van der Waals surface area contributed by atoms with Gasteiger partial charge in [0.15, 0.2) is 0 Å². The van der Waals surface area contributed by atoms with Crippen LogP contribution in [0.25, 0.3) is 0 Å². The topological polar surface area (TPSA) is 49.8 Å². The highest BCUT2D eigenvalue weighted by molar-refractivity contribution is 9.11. The minimum atomic E-state index is 0.633. The molecule has 1 aromatic heterocycles. The van der Waals surface area contributed by atoms with Crippen LogP contribution in [0.3, 0.4) is 0 Å². The molecule has 0 spiro atoms. The number of nitrogens with one attached hydrogen (secondary N) is 2. The van der Waals surface area contributed by atoms with Gasteiger partial charge in [-0.05, 0) is 59.5 Å². The van der Waals surface area contributed by atoms with E-state index in [1.54, 1.807) is 6.20 Å². The van der Waals surface area contributed by atoms with Crippen molar-refractivity contribution in [2.45, 2.75) is 27.2 Å². The molecule has 0 aliphatic carbocycles. The highest BCUT2D eigenvalue weighted by Gasteiger charge is 2.07. The molecular weight excluding hydrogens is 396 g/mol. The summed E-state index contributed by atoms with van der Waals surface area (Å²) < 4.78 is 1.97. The second-order valence-corrected chi connectivity index (χ2v) is 6.51. The number of aromatic nitrogens is 2. The second-order valence-electron chi connectivity index (χ2n) is 4.87. The highest BCUT2D eigenvalue weighted by Crippen LogP contribution is 2.29. The first-order valence-corrected chi connectivity index (χ1v) is 8.40. The lowest BCUT2D eigenvalue weighted by atomic mass is 10.1. The molecule has 2 N–H and O–H groups in total. The van der Waals surface area contributed by atoms with Crippen LogP contribution < -0.4 is 10.6 Å². The van der Waals surface area contributed by atoms with Gasteiger partial charge in [0.2, 0.25) is 5.95 Å².